The molecule has 0 spiro atoms. The zero-order chi connectivity index (χ0) is 8.23. The second kappa shape index (κ2) is 3.13. The lowest BCUT2D eigenvalue weighted by Gasteiger charge is -2.07. The minimum absolute atomic E-state index is 1.05. The second-order valence-electron chi connectivity index (χ2n) is 2.30. The molecule has 2 radical (unpaired) electrons. The minimum atomic E-state index is 1.05. The third-order valence-corrected chi connectivity index (χ3v) is 1.48. The lowest BCUT2D eigenvalue weighted by atomic mass is 10.1. The SMILES string of the molecule is [c]1cc2cnc1-2.[c]1cccnc1. The first kappa shape index (κ1) is 6.98. The van der Waals surface area contributed by atoms with E-state index in [1.807, 2.05) is 24.4 Å². The monoisotopic (exact) mass is 154 g/mol. The van der Waals surface area contributed by atoms with Crippen LogP contribution in [0, 0.1) is 12.1 Å². The second-order valence-corrected chi connectivity index (χ2v) is 2.30. The van der Waals surface area contributed by atoms with E-state index >= 15 is 0 Å². The van der Waals surface area contributed by atoms with Crippen molar-refractivity contribution in [1.29, 1.82) is 0 Å². The minimum Gasteiger partial charge on any atom is -0.264 e. The Kier molecular flexibility index (Phi) is 1.82. The van der Waals surface area contributed by atoms with Gasteiger partial charge < -0.3 is 0 Å². The van der Waals surface area contributed by atoms with Gasteiger partial charge >= 0.3 is 0 Å². The summed E-state index contributed by atoms with van der Waals surface area (Å²) in [6.45, 7) is 0. The van der Waals surface area contributed by atoms with Gasteiger partial charge in [-0.05, 0) is 12.1 Å². The van der Waals surface area contributed by atoms with Crippen molar-refractivity contribution in [3.05, 3.63) is 48.9 Å². The fraction of sp³-hybridized carbons (Fsp3) is 0. The van der Waals surface area contributed by atoms with E-state index in [9.17, 15) is 0 Å². The predicted molar refractivity (Wildman–Crippen MR) is 45.1 cm³/mol. The molecule has 0 bridgehead atoms. The maximum Gasteiger partial charge on any atom is 0.0797 e. The normalized spacial score (nSPS) is 9.67. The Hall–Kier alpha value is -1.70. The molecule has 1 aromatic rings. The van der Waals surface area contributed by atoms with Gasteiger partial charge in [0.25, 0.3) is 0 Å². The van der Waals surface area contributed by atoms with Gasteiger partial charge in [-0.15, -0.1) is 0 Å². The van der Waals surface area contributed by atoms with Gasteiger partial charge in [0.05, 0.1) is 5.69 Å². The molecular weight excluding hydrogens is 148 g/mol. The van der Waals surface area contributed by atoms with Crippen LogP contribution in [-0.4, -0.2) is 9.97 Å². The van der Waals surface area contributed by atoms with Gasteiger partial charge in [-0.25, -0.2) is 0 Å². The van der Waals surface area contributed by atoms with Crippen LogP contribution in [0.1, 0.15) is 0 Å². The van der Waals surface area contributed by atoms with E-state index in [0.29, 0.717) is 0 Å². The van der Waals surface area contributed by atoms with Crippen LogP contribution < -0.4 is 0 Å². The highest BCUT2D eigenvalue weighted by Crippen LogP contribution is 2.24. The summed E-state index contributed by atoms with van der Waals surface area (Å²) in [6, 6.07) is 11.3. The Morgan fingerprint density at radius 1 is 1.33 bits per heavy atom. The average Bonchev–Trinajstić information content (AvgIpc) is 2.15. The van der Waals surface area contributed by atoms with E-state index in [0.717, 1.165) is 5.69 Å². The molecule has 0 fully saturated rings. The number of fused-ring (bicyclic) bond motifs is 1. The van der Waals surface area contributed by atoms with Gasteiger partial charge in [0, 0.05) is 36.3 Å². The summed E-state index contributed by atoms with van der Waals surface area (Å²) in [5, 5.41) is 0. The van der Waals surface area contributed by atoms with Crippen LogP contribution in [0.15, 0.2) is 36.8 Å². The number of hydrogen-bond acceptors (Lipinski definition) is 2. The Balaban J connectivity index is 0.0000000939. The van der Waals surface area contributed by atoms with Gasteiger partial charge in [-0.2, -0.15) is 0 Å². The first-order chi connectivity index (χ1) is 5.97. The van der Waals surface area contributed by atoms with Crippen molar-refractivity contribution in [1.82, 2.24) is 9.97 Å². The van der Waals surface area contributed by atoms with Gasteiger partial charge in [0.2, 0.25) is 0 Å². The number of nitrogens with zero attached hydrogens (tertiary/aromatic N) is 2. The molecule has 1 aromatic heterocycles. The Bertz CT molecular complexity index is 290. The molecule has 0 saturated carbocycles. The number of hydrogen-bond donors (Lipinski definition) is 0. The van der Waals surface area contributed by atoms with Crippen LogP contribution in [0.4, 0.5) is 0 Å². The van der Waals surface area contributed by atoms with Gasteiger partial charge in [-0.1, -0.05) is 6.07 Å². The van der Waals surface area contributed by atoms with Gasteiger partial charge in [0.1, 0.15) is 0 Å². The van der Waals surface area contributed by atoms with Crippen LogP contribution in [0.2, 0.25) is 0 Å². The van der Waals surface area contributed by atoms with Crippen molar-refractivity contribution in [2.75, 3.05) is 0 Å². The van der Waals surface area contributed by atoms with Crippen molar-refractivity contribution in [3.8, 4) is 11.3 Å². The largest absolute Gasteiger partial charge is 0.264 e. The smallest absolute Gasteiger partial charge is 0.0797 e. The summed E-state index contributed by atoms with van der Waals surface area (Å²) >= 11 is 0. The van der Waals surface area contributed by atoms with E-state index in [1.165, 1.54) is 5.56 Å². The van der Waals surface area contributed by atoms with Crippen molar-refractivity contribution in [2.24, 2.45) is 0 Å². The molecule has 2 heteroatoms. The molecule has 0 aromatic carbocycles. The van der Waals surface area contributed by atoms with E-state index < -0.39 is 0 Å². The highest BCUT2D eigenvalue weighted by atomic mass is 14.7. The van der Waals surface area contributed by atoms with E-state index in [-0.39, 0.29) is 0 Å². The molecule has 56 valence electrons. The molecule has 0 saturated heterocycles. The topological polar surface area (TPSA) is 25.8 Å². The number of pyridine rings is 2. The Morgan fingerprint density at radius 3 is 2.33 bits per heavy atom. The molecule has 0 atom stereocenters. The van der Waals surface area contributed by atoms with Gasteiger partial charge in [0.15, 0.2) is 0 Å². The van der Waals surface area contributed by atoms with Crippen LogP contribution >= 0.6 is 0 Å². The highest BCUT2D eigenvalue weighted by molar-refractivity contribution is 5.67. The van der Waals surface area contributed by atoms with E-state index in [4.69, 9.17) is 0 Å². The average molecular weight is 154 g/mol. The van der Waals surface area contributed by atoms with Crippen LogP contribution in [0.3, 0.4) is 0 Å². The molecule has 1 aliphatic carbocycles. The molecule has 0 N–H and O–H groups in total. The summed E-state index contributed by atoms with van der Waals surface area (Å²) in [4.78, 5) is 7.58. The van der Waals surface area contributed by atoms with Crippen molar-refractivity contribution in [2.45, 2.75) is 0 Å². The molecule has 1 aliphatic heterocycles. The number of rotatable bonds is 0. The molecule has 2 aliphatic rings. The molecule has 2 heterocycles. The first-order valence-electron chi connectivity index (χ1n) is 3.61. The third-order valence-electron chi connectivity index (χ3n) is 1.48. The molecule has 12 heavy (non-hydrogen) atoms. The third kappa shape index (κ3) is 1.32. The summed E-state index contributed by atoms with van der Waals surface area (Å²) in [5.41, 5.74) is 2.31. The highest BCUT2D eigenvalue weighted by Gasteiger charge is 2.07. The molecule has 0 amide bonds. The quantitative estimate of drug-likeness (QED) is 0.493. The maximum atomic E-state index is 3.85. The molecule has 3 rings (SSSR count). The summed E-state index contributed by atoms with van der Waals surface area (Å²) in [6.07, 6.45) is 5.18. The number of aromatic nitrogens is 2. The first-order valence-corrected chi connectivity index (χ1v) is 3.61. The standard InChI is InChI=1S/C5H2N.C5H4N/c1-2-5-4(1)3-6-5;1-2-4-6-5-3-1/h1,3H;1-2,4-5H. The molecular formula is C10H6N2. The van der Waals surface area contributed by atoms with Crippen molar-refractivity contribution < 1.29 is 0 Å². The zero-order valence-electron chi connectivity index (χ0n) is 6.36. The fourth-order valence-electron chi connectivity index (χ4n) is 0.776. The summed E-state index contributed by atoms with van der Waals surface area (Å²) in [5.74, 6) is 0. The molecule has 0 unspecified atom stereocenters. The maximum absolute atomic E-state index is 3.85. The van der Waals surface area contributed by atoms with Crippen molar-refractivity contribution in [3.63, 3.8) is 0 Å². The Labute approximate surface area is 70.9 Å². The van der Waals surface area contributed by atoms with Crippen LogP contribution in [-0.2, 0) is 0 Å². The lowest BCUT2D eigenvalue weighted by Crippen LogP contribution is -1.93. The van der Waals surface area contributed by atoms with Crippen LogP contribution in [0.5, 0.6) is 0 Å². The predicted octanol–water partition coefficient (Wildman–Crippen LogP) is 1.74. The van der Waals surface area contributed by atoms with E-state index in [1.54, 1.807) is 12.4 Å². The lowest BCUT2D eigenvalue weighted by molar-refractivity contribution is 1.23. The fourth-order valence-corrected chi connectivity index (χ4v) is 0.776. The zero-order valence-corrected chi connectivity index (χ0v) is 6.36. The Morgan fingerprint density at radius 2 is 2.25 bits per heavy atom. The van der Waals surface area contributed by atoms with Crippen molar-refractivity contribution >= 4 is 0 Å². The summed E-state index contributed by atoms with van der Waals surface area (Å²) in [7, 11) is 0. The van der Waals surface area contributed by atoms with E-state index in [2.05, 4.69) is 22.1 Å². The van der Waals surface area contributed by atoms with Crippen LogP contribution in [0.25, 0.3) is 11.3 Å². The van der Waals surface area contributed by atoms with Gasteiger partial charge in [-0.3, -0.25) is 9.97 Å². The summed E-state index contributed by atoms with van der Waals surface area (Å²) < 4.78 is 0. The molecule has 2 nitrogen and oxygen atoms in total.